The van der Waals surface area contributed by atoms with Crippen molar-refractivity contribution >= 4 is 28.9 Å². The molecule has 3 rings (SSSR count). The molecule has 32 heavy (non-hydrogen) atoms. The summed E-state index contributed by atoms with van der Waals surface area (Å²) in [5.74, 6) is -0.385. The maximum atomic E-state index is 12.3. The number of aromatic amines is 1. The molecule has 0 bridgehead atoms. The lowest BCUT2D eigenvalue weighted by Crippen LogP contribution is -2.20. The maximum absolute atomic E-state index is 12.3. The summed E-state index contributed by atoms with van der Waals surface area (Å²) in [7, 11) is 4.14. The van der Waals surface area contributed by atoms with Crippen LogP contribution in [-0.2, 0) is 33.7 Å². The molecule has 0 saturated carbocycles. The smallest absolute Gasteiger partial charge is 0.310 e. The molecule has 0 aliphatic carbocycles. The number of likely N-dealkylation sites (N-methyl/N-ethyl adjacent to an activating group) is 1. The van der Waals surface area contributed by atoms with E-state index < -0.39 is 0 Å². The van der Waals surface area contributed by atoms with E-state index >= 15 is 0 Å². The predicted molar refractivity (Wildman–Crippen MR) is 128 cm³/mol. The third-order valence-electron chi connectivity index (χ3n) is 5.19. The number of benzene rings is 2. The highest BCUT2D eigenvalue weighted by atomic mass is 16.5. The lowest BCUT2D eigenvalue weighted by molar-refractivity contribution is -0.142. The third kappa shape index (κ3) is 6.82. The molecule has 0 fully saturated rings. The number of hydrogen-bond donors (Lipinski definition) is 2. The quantitative estimate of drug-likeness (QED) is 0.378. The van der Waals surface area contributed by atoms with E-state index in [2.05, 4.69) is 41.6 Å². The Morgan fingerprint density at radius 3 is 2.56 bits per heavy atom. The highest BCUT2D eigenvalue weighted by molar-refractivity contribution is 5.93. The molecule has 0 saturated heterocycles. The van der Waals surface area contributed by atoms with Crippen molar-refractivity contribution in [1.82, 2.24) is 15.2 Å². The number of nitrogens with zero attached hydrogens (tertiary/aromatic N) is 1. The number of nitrogens with one attached hydrogen (secondary N) is 2. The zero-order valence-corrected chi connectivity index (χ0v) is 19.0. The van der Waals surface area contributed by atoms with Gasteiger partial charge in [-0.25, -0.2) is 0 Å². The van der Waals surface area contributed by atoms with Crippen molar-refractivity contribution < 1.29 is 14.3 Å². The zero-order valence-electron chi connectivity index (χ0n) is 19.0. The van der Waals surface area contributed by atoms with Crippen LogP contribution in [0, 0.1) is 0 Å². The first-order valence-electron chi connectivity index (χ1n) is 10.9. The second kappa shape index (κ2) is 11.3. The van der Waals surface area contributed by atoms with E-state index in [-0.39, 0.29) is 18.3 Å². The minimum atomic E-state index is -0.235. The SMILES string of the molecule is CCOC(=O)Cc1ccc(CNC(=O)/C=C/c2ccc3[nH]cc(CCN(C)C)c3c2)cc1. The van der Waals surface area contributed by atoms with Crippen molar-refractivity contribution in [3.63, 3.8) is 0 Å². The fourth-order valence-corrected chi connectivity index (χ4v) is 3.42. The van der Waals surface area contributed by atoms with Crippen LogP contribution >= 0.6 is 0 Å². The number of esters is 1. The molecule has 6 nitrogen and oxygen atoms in total. The van der Waals surface area contributed by atoms with E-state index in [1.165, 1.54) is 10.9 Å². The summed E-state index contributed by atoms with van der Waals surface area (Å²) in [6.07, 6.45) is 6.68. The van der Waals surface area contributed by atoms with Gasteiger partial charge in [0.2, 0.25) is 5.91 Å². The number of carbonyl (C=O) groups excluding carboxylic acids is 2. The van der Waals surface area contributed by atoms with Crippen LogP contribution in [0.1, 0.15) is 29.2 Å². The summed E-state index contributed by atoms with van der Waals surface area (Å²) in [4.78, 5) is 29.3. The summed E-state index contributed by atoms with van der Waals surface area (Å²) in [5.41, 5.74) is 5.23. The Labute approximate surface area is 189 Å². The maximum Gasteiger partial charge on any atom is 0.310 e. The number of hydrogen-bond acceptors (Lipinski definition) is 4. The Morgan fingerprint density at radius 1 is 1.09 bits per heavy atom. The summed E-state index contributed by atoms with van der Waals surface area (Å²) < 4.78 is 4.96. The van der Waals surface area contributed by atoms with Gasteiger partial charge < -0.3 is 19.9 Å². The van der Waals surface area contributed by atoms with Crippen molar-refractivity contribution in [3.8, 4) is 0 Å². The molecule has 6 heteroatoms. The molecule has 0 radical (unpaired) electrons. The van der Waals surface area contributed by atoms with Crippen LogP contribution in [0.15, 0.2) is 54.7 Å². The monoisotopic (exact) mass is 433 g/mol. The highest BCUT2D eigenvalue weighted by Crippen LogP contribution is 2.21. The summed E-state index contributed by atoms with van der Waals surface area (Å²) >= 11 is 0. The average Bonchev–Trinajstić information content (AvgIpc) is 3.18. The molecule has 1 heterocycles. The number of rotatable bonds is 10. The molecule has 168 valence electrons. The minimum Gasteiger partial charge on any atom is -0.466 e. The Hall–Kier alpha value is -3.38. The predicted octanol–water partition coefficient (Wildman–Crippen LogP) is 3.71. The van der Waals surface area contributed by atoms with E-state index in [9.17, 15) is 9.59 Å². The second-order valence-electron chi connectivity index (χ2n) is 8.02. The first-order valence-corrected chi connectivity index (χ1v) is 10.9. The van der Waals surface area contributed by atoms with E-state index in [1.807, 2.05) is 42.5 Å². The standard InChI is InChI=1S/C26H31N3O3/c1-4-32-26(31)16-20-5-7-21(8-6-20)17-28-25(30)12-10-19-9-11-24-23(15-19)22(18-27-24)13-14-29(2)3/h5-12,15,18,27H,4,13-14,16-17H2,1-3H3,(H,28,30)/b12-10+. The zero-order chi connectivity index (χ0) is 22.9. The van der Waals surface area contributed by atoms with Crippen molar-refractivity contribution in [1.29, 1.82) is 0 Å². The summed E-state index contributed by atoms with van der Waals surface area (Å²) in [5, 5.41) is 4.09. The van der Waals surface area contributed by atoms with Crippen molar-refractivity contribution in [2.75, 3.05) is 27.2 Å². The lowest BCUT2D eigenvalue weighted by Gasteiger charge is -2.08. The largest absolute Gasteiger partial charge is 0.466 e. The molecule has 0 spiro atoms. The number of H-pyrrole nitrogens is 1. The highest BCUT2D eigenvalue weighted by Gasteiger charge is 2.06. The molecule has 0 aliphatic heterocycles. The normalized spacial score (nSPS) is 11.4. The fourth-order valence-electron chi connectivity index (χ4n) is 3.42. The molecule has 3 aromatic rings. The van der Waals surface area contributed by atoms with E-state index in [4.69, 9.17) is 4.74 Å². The first kappa shape index (κ1) is 23.3. The van der Waals surface area contributed by atoms with Crippen LogP contribution in [0.4, 0.5) is 0 Å². The van der Waals surface area contributed by atoms with Crippen molar-refractivity contribution in [3.05, 3.63) is 77.0 Å². The van der Waals surface area contributed by atoms with Crippen LogP contribution in [0.3, 0.4) is 0 Å². The van der Waals surface area contributed by atoms with Gasteiger partial charge in [0.15, 0.2) is 0 Å². The average molecular weight is 434 g/mol. The Morgan fingerprint density at radius 2 is 1.84 bits per heavy atom. The van der Waals surface area contributed by atoms with Gasteiger partial charge in [-0.2, -0.15) is 0 Å². The Bertz CT molecular complexity index is 1080. The van der Waals surface area contributed by atoms with Gasteiger partial charge in [0.05, 0.1) is 13.0 Å². The Kier molecular flexibility index (Phi) is 8.22. The fraction of sp³-hybridized carbons (Fsp3) is 0.308. The van der Waals surface area contributed by atoms with Crippen LogP contribution in [0.2, 0.25) is 0 Å². The molecule has 0 unspecified atom stereocenters. The van der Waals surface area contributed by atoms with Gasteiger partial charge >= 0.3 is 5.97 Å². The molecular weight excluding hydrogens is 402 g/mol. The van der Waals surface area contributed by atoms with E-state index in [0.29, 0.717) is 13.2 Å². The number of carbonyl (C=O) groups is 2. The van der Waals surface area contributed by atoms with Gasteiger partial charge in [-0.05, 0) is 67.9 Å². The second-order valence-corrected chi connectivity index (χ2v) is 8.02. The van der Waals surface area contributed by atoms with Gasteiger partial charge in [0.1, 0.15) is 0 Å². The van der Waals surface area contributed by atoms with Gasteiger partial charge in [-0.1, -0.05) is 30.3 Å². The van der Waals surface area contributed by atoms with Crippen LogP contribution in [0.5, 0.6) is 0 Å². The molecule has 0 aliphatic rings. The van der Waals surface area contributed by atoms with Gasteiger partial charge in [-0.15, -0.1) is 0 Å². The number of ether oxygens (including phenoxy) is 1. The first-order chi connectivity index (χ1) is 15.4. The molecule has 2 N–H and O–H groups in total. The van der Waals surface area contributed by atoms with Crippen molar-refractivity contribution in [2.24, 2.45) is 0 Å². The number of amides is 1. The topological polar surface area (TPSA) is 74.4 Å². The molecule has 2 aromatic carbocycles. The Balaban J connectivity index is 1.54. The molecular formula is C26H31N3O3. The van der Waals surface area contributed by atoms with Gasteiger partial charge in [0, 0.05) is 36.3 Å². The van der Waals surface area contributed by atoms with Crippen LogP contribution in [0.25, 0.3) is 17.0 Å². The van der Waals surface area contributed by atoms with Gasteiger partial charge in [-0.3, -0.25) is 9.59 Å². The van der Waals surface area contributed by atoms with Crippen molar-refractivity contribution in [2.45, 2.75) is 26.3 Å². The molecule has 0 atom stereocenters. The number of fused-ring (bicyclic) bond motifs is 1. The molecule has 1 aromatic heterocycles. The third-order valence-corrected chi connectivity index (χ3v) is 5.19. The van der Waals surface area contributed by atoms with E-state index in [1.54, 1.807) is 13.0 Å². The van der Waals surface area contributed by atoms with Crippen LogP contribution in [-0.4, -0.2) is 49.0 Å². The number of aromatic nitrogens is 1. The summed E-state index contributed by atoms with van der Waals surface area (Å²) in [6, 6.07) is 13.7. The summed E-state index contributed by atoms with van der Waals surface area (Å²) in [6.45, 7) is 3.58. The van der Waals surface area contributed by atoms with Crippen LogP contribution < -0.4 is 5.32 Å². The lowest BCUT2D eigenvalue weighted by atomic mass is 10.1. The minimum absolute atomic E-state index is 0.150. The molecule has 1 amide bonds. The van der Waals surface area contributed by atoms with Gasteiger partial charge in [0.25, 0.3) is 0 Å². The van der Waals surface area contributed by atoms with E-state index in [0.717, 1.165) is 35.2 Å².